The Morgan fingerprint density at radius 1 is 0.639 bits per heavy atom. The van der Waals surface area contributed by atoms with Crippen molar-refractivity contribution in [2.24, 2.45) is 10.2 Å². The molecule has 36 heavy (non-hydrogen) atoms. The predicted octanol–water partition coefficient (Wildman–Crippen LogP) is 2.94. The number of carbonyl (C=O) groups excluding carboxylic acids is 1. The van der Waals surface area contributed by atoms with Crippen molar-refractivity contribution in [1.29, 1.82) is 0 Å². The van der Waals surface area contributed by atoms with E-state index in [1.54, 1.807) is 4.90 Å². The predicted molar refractivity (Wildman–Crippen MR) is 131 cm³/mol. The van der Waals surface area contributed by atoms with Gasteiger partial charge in [0.25, 0.3) is 0 Å². The summed E-state index contributed by atoms with van der Waals surface area (Å²) in [6, 6.07) is 0. The van der Waals surface area contributed by atoms with Crippen LogP contribution in [0.2, 0.25) is 0 Å². The maximum Gasteiger partial charge on any atom is 0.410 e. The second kappa shape index (κ2) is 24.3. The van der Waals surface area contributed by atoms with Crippen LogP contribution >= 0.6 is 0 Å². The molecule has 0 rings (SSSR count). The molecule has 0 bridgehead atoms. The van der Waals surface area contributed by atoms with Crippen molar-refractivity contribution in [3.8, 4) is 0 Å². The number of hydrogen-bond donors (Lipinski definition) is 0. The van der Waals surface area contributed by atoms with Crippen LogP contribution in [0.4, 0.5) is 4.79 Å². The average Bonchev–Trinajstić information content (AvgIpc) is 2.82. The highest BCUT2D eigenvalue weighted by Crippen LogP contribution is 2.10. The van der Waals surface area contributed by atoms with Crippen LogP contribution in [-0.4, -0.2) is 122 Å². The first-order chi connectivity index (χ1) is 17.4. The van der Waals surface area contributed by atoms with Gasteiger partial charge in [-0.15, -0.1) is 0 Å². The van der Waals surface area contributed by atoms with Gasteiger partial charge in [-0.1, -0.05) is 10.2 Å². The van der Waals surface area contributed by atoms with E-state index in [0.717, 1.165) is 0 Å². The Morgan fingerprint density at radius 2 is 0.972 bits per heavy atom. The van der Waals surface area contributed by atoms with E-state index in [1.165, 1.54) is 0 Å². The molecule has 0 aliphatic carbocycles. The van der Waals surface area contributed by atoms with Gasteiger partial charge in [0.1, 0.15) is 5.60 Å². The Balaban J connectivity index is 3.94. The molecule has 0 aromatic rings. The summed E-state index contributed by atoms with van der Waals surface area (Å²) < 4.78 is 37.8. The van der Waals surface area contributed by atoms with E-state index in [2.05, 4.69) is 20.1 Å². The van der Waals surface area contributed by atoms with Crippen LogP contribution in [0.1, 0.15) is 20.8 Å². The molecule has 15 heteroatoms. The third kappa shape index (κ3) is 24.8. The van der Waals surface area contributed by atoms with E-state index in [4.69, 9.17) is 44.2 Å². The molecule has 0 saturated carbocycles. The van der Waals surface area contributed by atoms with Gasteiger partial charge in [-0.3, -0.25) is 0 Å². The number of amides is 1. The molecule has 0 heterocycles. The maximum atomic E-state index is 12.5. The van der Waals surface area contributed by atoms with Crippen LogP contribution in [0, 0.1) is 0 Å². The van der Waals surface area contributed by atoms with E-state index in [1.807, 2.05) is 20.8 Å². The molecule has 0 fully saturated rings. The van der Waals surface area contributed by atoms with Gasteiger partial charge in [0.2, 0.25) is 0 Å². The highest BCUT2D eigenvalue weighted by atomic mass is 16.6. The summed E-state index contributed by atoms with van der Waals surface area (Å²) in [5.74, 6) is 0. The van der Waals surface area contributed by atoms with Gasteiger partial charge in [0.15, 0.2) is 0 Å². The first kappa shape index (κ1) is 33.7. The Hall–Kier alpha value is -2.35. The minimum atomic E-state index is -0.606. The highest BCUT2D eigenvalue weighted by Gasteiger charge is 2.21. The van der Waals surface area contributed by atoms with Gasteiger partial charge < -0.3 is 38.1 Å². The summed E-state index contributed by atoms with van der Waals surface area (Å²) in [7, 11) is 0. The number of hydrogen-bond acceptors (Lipinski definition) is 10. The number of carbonyl (C=O) groups is 1. The molecule has 0 aromatic heterocycles. The van der Waals surface area contributed by atoms with E-state index in [0.29, 0.717) is 105 Å². The maximum absolute atomic E-state index is 12.5. The summed E-state index contributed by atoms with van der Waals surface area (Å²) in [6.07, 6.45) is -0.432. The molecule has 1 amide bonds. The molecular formula is C21H41N7O8. The number of ether oxygens (including phenoxy) is 7. The lowest BCUT2D eigenvalue weighted by Gasteiger charge is -2.27. The smallest absolute Gasteiger partial charge is 0.410 e. The highest BCUT2D eigenvalue weighted by molar-refractivity contribution is 5.68. The largest absolute Gasteiger partial charge is 0.444 e. The Bertz CT molecular complexity index is 598. The summed E-state index contributed by atoms with van der Waals surface area (Å²) in [6.45, 7) is 11.3. The Kier molecular flexibility index (Phi) is 22.8. The third-order valence-corrected chi connectivity index (χ3v) is 3.95. The average molecular weight is 520 g/mol. The van der Waals surface area contributed by atoms with Crippen LogP contribution in [0.3, 0.4) is 0 Å². The van der Waals surface area contributed by atoms with Crippen molar-refractivity contribution in [2.45, 2.75) is 26.4 Å². The van der Waals surface area contributed by atoms with Gasteiger partial charge in [0.05, 0.1) is 79.3 Å². The van der Waals surface area contributed by atoms with Gasteiger partial charge in [-0.2, -0.15) is 0 Å². The van der Waals surface area contributed by atoms with Crippen LogP contribution in [0.5, 0.6) is 0 Å². The Labute approximate surface area is 212 Å². The molecule has 0 unspecified atom stereocenters. The fourth-order valence-corrected chi connectivity index (χ4v) is 2.35. The standard InChI is InChI=1S/C21H41N7O8/c1-21(2,3)36-20(29)28(6-10-32-14-18-34-16-12-30-8-4-24-26-22)7-11-33-15-19-35-17-13-31-9-5-25-27-23/h4-19H2,1-3H3. The molecule has 0 radical (unpaired) electrons. The van der Waals surface area contributed by atoms with Crippen molar-refractivity contribution in [3.63, 3.8) is 0 Å². The normalized spacial score (nSPS) is 11.0. The van der Waals surface area contributed by atoms with Crippen LogP contribution in [0.15, 0.2) is 10.2 Å². The monoisotopic (exact) mass is 519 g/mol. The van der Waals surface area contributed by atoms with Crippen LogP contribution < -0.4 is 0 Å². The lowest BCUT2D eigenvalue weighted by molar-refractivity contribution is -0.00819. The molecule has 0 saturated heterocycles. The fourth-order valence-electron chi connectivity index (χ4n) is 2.35. The second-order valence-corrected chi connectivity index (χ2v) is 8.05. The van der Waals surface area contributed by atoms with E-state index in [-0.39, 0.29) is 0 Å². The van der Waals surface area contributed by atoms with Crippen LogP contribution in [0.25, 0.3) is 20.9 Å². The number of rotatable bonds is 24. The second-order valence-electron chi connectivity index (χ2n) is 8.05. The molecule has 0 spiro atoms. The van der Waals surface area contributed by atoms with Crippen LogP contribution in [-0.2, 0) is 33.2 Å². The molecule has 15 nitrogen and oxygen atoms in total. The first-order valence-corrected chi connectivity index (χ1v) is 11.9. The van der Waals surface area contributed by atoms with Gasteiger partial charge in [0, 0.05) is 36.0 Å². The third-order valence-electron chi connectivity index (χ3n) is 3.95. The van der Waals surface area contributed by atoms with Gasteiger partial charge in [-0.25, -0.2) is 4.79 Å². The molecular weight excluding hydrogens is 478 g/mol. The zero-order valence-electron chi connectivity index (χ0n) is 21.7. The first-order valence-electron chi connectivity index (χ1n) is 11.9. The summed E-state index contributed by atoms with van der Waals surface area (Å²) in [4.78, 5) is 19.3. The van der Waals surface area contributed by atoms with Crippen molar-refractivity contribution < 1.29 is 38.0 Å². The lowest BCUT2D eigenvalue weighted by atomic mass is 10.2. The molecule has 208 valence electrons. The van der Waals surface area contributed by atoms with Crippen molar-refractivity contribution in [1.82, 2.24) is 4.90 Å². The molecule has 0 aromatic carbocycles. The topological polar surface area (TPSA) is 182 Å². The van der Waals surface area contributed by atoms with E-state index >= 15 is 0 Å². The summed E-state index contributed by atoms with van der Waals surface area (Å²) >= 11 is 0. The molecule has 0 N–H and O–H groups in total. The minimum absolute atomic E-state index is 0.296. The fraction of sp³-hybridized carbons (Fsp3) is 0.952. The van der Waals surface area contributed by atoms with E-state index < -0.39 is 11.7 Å². The zero-order valence-corrected chi connectivity index (χ0v) is 21.7. The number of nitrogens with zero attached hydrogens (tertiary/aromatic N) is 7. The lowest BCUT2D eigenvalue weighted by Crippen LogP contribution is -2.40. The summed E-state index contributed by atoms with van der Waals surface area (Å²) in [5.41, 5.74) is 15.7. The van der Waals surface area contributed by atoms with E-state index in [9.17, 15) is 4.79 Å². The molecule has 0 aliphatic rings. The van der Waals surface area contributed by atoms with Gasteiger partial charge >= 0.3 is 6.09 Å². The summed E-state index contributed by atoms with van der Waals surface area (Å²) in [5, 5.41) is 6.73. The van der Waals surface area contributed by atoms with Crippen molar-refractivity contribution in [2.75, 3.05) is 105 Å². The quantitative estimate of drug-likeness (QED) is 0.0806. The van der Waals surface area contributed by atoms with Gasteiger partial charge in [-0.05, 0) is 31.8 Å². The van der Waals surface area contributed by atoms with Crippen molar-refractivity contribution >= 4 is 6.09 Å². The molecule has 0 atom stereocenters. The molecule has 0 aliphatic heterocycles. The van der Waals surface area contributed by atoms with Crippen molar-refractivity contribution in [3.05, 3.63) is 20.9 Å². The SMILES string of the molecule is CC(C)(C)OC(=O)N(CCOCCOCCOCCN=[N+]=[N-])CCOCCOCCOCCN=[N+]=[N-]. The number of azide groups is 2. The zero-order chi connectivity index (χ0) is 26.7. The minimum Gasteiger partial charge on any atom is -0.444 e. The Morgan fingerprint density at radius 3 is 1.31 bits per heavy atom.